The number of carbonyl (C=O) groups is 1. The predicted octanol–water partition coefficient (Wildman–Crippen LogP) is 3.27. The fourth-order valence-corrected chi connectivity index (χ4v) is 3.78. The summed E-state index contributed by atoms with van der Waals surface area (Å²) in [5, 5.41) is 4.18. The van der Waals surface area contributed by atoms with E-state index in [1.807, 2.05) is 24.3 Å². The summed E-state index contributed by atoms with van der Waals surface area (Å²) < 4.78 is 40.0. The molecule has 0 atom stereocenters. The van der Waals surface area contributed by atoms with Gasteiger partial charge >= 0.3 is 6.18 Å². The normalized spacial score (nSPS) is 16.4. The molecule has 1 aliphatic heterocycles. The van der Waals surface area contributed by atoms with Crippen molar-refractivity contribution in [2.45, 2.75) is 25.6 Å². The highest BCUT2D eigenvalue weighted by Crippen LogP contribution is 2.34. The molecular formula is C20H20F3N5O. The maximum atomic E-state index is 12.8. The van der Waals surface area contributed by atoms with E-state index in [1.54, 1.807) is 16.6 Å². The minimum absolute atomic E-state index is 0.151. The lowest BCUT2D eigenvalue weighted by Crippen LogP contribution is -2.38. The van der Waals surface area contributed by atoms with Crippen LogP contribution < -0.4 is 5.73 Å². The Morgan fingerprint density at radius 1 is 1.10 bits per heavy atom. The van der Waals surface area contributed by atoms with Crippen molar-refractivity contribution in [2.24, 2.45) is 11.7 Å². The predicted molar refractivity (Wildman–Crippen MR) is 101 cm³/mol. The van der Waals surface area contributed by atoms with Crippen LogP contribution in [0.3, 0.4) is 0 Å². The van der Waals surface area contributed by atoms with Gasteiger partial charge in [-0.3, -0.25) is 9.69 Å². The third-order valence-electron chi connectivity index (χ3n) is 5.40. The highest BCUT2D eigenvalue weighted by atomic mass is 19.4. The lowest BCUT2D eigenvalue weighted by atomic mass is 9.96. The fraction of sp³-hybridized carbons (Fsp3) is 0.350. The summed E-state index contributed by atoms with van der Waals surface area (Å²) >= 11 is 0. The molecule has 0 aliphatic carbocycles. The molecule has 0 unspecified atom stereocenters. The number of nitrogens with zero attached hydrogens (tertiary/aromatic N) is 4. The summed E-state index contributed by atoms with van der Waals surface area (Å²) in [5.41, 5.74) is 8.75. The van der Waals surface area contributed by atoms with Crippen LogP contribution >= 0.6 is 0 Å². The van der Waals surface area contributed by atoms with Crippen molar-refractivity contribution in [3.63, 3.8) is 0 Å². The second kappa shape index (κ2) is 7.47. The molecule has 1 aromatic carbocycles. The number of halogens is 3. The first-order valence-electron chi connectivity index (χ1n) is 9.34. The van der Waals surface area contributed by atoms with Gasteiger partial charge in [0.25, 0.3) is 5.91 Å². The van der Waals surface area contributed by atoms with Gasteiger partial charge in [-0.2, -0.15) is 18.3 Å². The van der Waals surface area contributed by atoms with E-state index in [4.69, 9.17) is 5.73 Å². The molecule has 0 saturated carbocycles. The van der Waals surface area contributed by atoms with Crippen LogP contribution in [0.25, 0.3) is 16.9 Å². The Hall–Kier alpha value is -2.94. The summed E-state index contributed by atoms with van der Waals surface area (Å²) in [5.74, 6) is -1.76. The van der Waals surface area contributed by atoms with E-state index in [-0.39, 0.29) is 12.8 Å². The minimum Gasteiger partial charge on any atom is -0.365 e. The number of rotatable bonds is 4. The van der Waals surface area contributed by atoms with Gasteiger partial charge in [0, 0.05) is 12.1 Å². The number of hydrogen-bond donors (Lipinski definition) is 1. The van der Waals surface area contributed by atoms with Gasteiger partial charge in [-0.15, -0.1) is 0 Å². The average Bonchev–Trinajstić information content (AvgIpc) is 3.17. The molecule has 1 amide bonds. The number of amides is 1. The highest BCUT2D eigenvalue weighted by Gasteiger charge is 2.40. The number of carbonyl (C=O) groups excluding carboxylic acids is 1. The smallest absolute Gasteiger partial charge is 0.365 e. The molecule has 3 heterocycles. The molecule has 2 aromatic heterocycles. The van der Waals surface area contributed by atoms with E-state index >= 15 is 0 Å². The van der Waals surface area contributed by atoms with Gasteiger partial charge in [0.2, 0.25) is 0 Å². The van der Waals surface area contributed by atoms with Crippen LogP contribution in [0, 0.1) is 5.92 Å². The number of piperidine rings is 1. The Bertz CT molecular complexity index is 1020. The first kappa shape index (κ1) is 19.4. The third kappa shape index (κ3) is 3.95. The van der Waals surface area contributed by atoms with Crippen molar-refractivity contribution in [1.29, 1.82) is 0 Å². The zero-order chi connectivity index (χ0) is 20.6. The second-order valence-corrected chi connectivity index (χ2v) is 7.28. The van der Waals surface area contributed by atoms with Crippen molar-refractivity contribution in [3.8, 4) is 11.3 Å². The SMILES string of the molecule is NC(=O)c1ccc(-c2ccc(CN3CCC(C(F)(F)F)CC3)cc2)n2ncnc12. The highest BCUT2D eigenvalue weighted by molar-refractivity contribution is 5.99. The molecule has 0 radical (unpaired) electrons. The minimum atomic E-state index is -4.09. The Kier molecular flexibility index (Phi) is 4.99. The Balaban J connectivity index is 1.48. The van der Waals surface area contributed by atoms with Crippen LogP contribution in [0.5, 0.6) is 0 Å². The molecule has 0 bridgehead atoms. The molecular weight excluding hydrogens is 383 g/mol. The van der Waals surface area contributed by atoms with Crippen LogP contribution in [0.4, 0.5) is 13.2 Å². The van der Waals surface area contributed by atoms with Gasteiger partial charge in [-0.1, -0.05) is 24.3 Å². The summed E-state index contributed by atoms with van der Waals surface area (Å²) in [4.78, 5) is 17.7. The van der Waals surface area contributed by atoms with Crippen molar-refractivity contribution in [1.82, 2.24) is 19.5 Å². The fourth-order valence-electron chi connectivity index (χ4n) is 3.78. The molecule has 3 aromatic rings. The average molecular weight is 403 g/mol. The van der Waals surface area contributed by atoms with Gasteiger partial charge in [0.05, 0.1) is 17.2 Å². The van der Waals surface area contributed by atoms with Crippen molar-refractivity contribution < 1.29 is 18.0 Å². The van der Waals surface area contributed by atoms with E-state index in [1.165, 1.54) is 6.33 Å². The quantitative estimate of drug-likeness (QED) is 0.726. The van der Waals surface area contributed by atoms with E-state index in [0.717, 1.165) is 16.8 Å². The summed E-state index contributed by atoms with van der Waals surface area (Å²) in [6.07, 6.45) is -2.43. The molecule has 9 heteroatoms. The van der Waals surface area contributed by atoms with Gasteiger partial charge in [0.15, 0.2) is 5.65 Å². The number of likely N-dealkylation sites (tertiary alicyclic amines) is 1. The van der Waals surface area contributed by atoms with Crippen LogP contribution in [0.1, 0.15) is 28.8 Å². The monoisotopic (exact) mass is 403 g/mol. The number of hydrogen-bond acceptors (Lipinski definition) is 4. The van der Waals surface area contributed by atoms with Crippen LogP contribution in [0.15, 0.2) is 42.7 Å². The number of pyridine rings is 1. The van der Waals surface area contributed by atoms with Crippen molar-refractivity contribution >= 4 is 11.6 Å². The second-order valence-electron chi connectivity index (χ2n) is 7.28. The zero-order valence-corrected chi connectivity index (χ0v) is 15.6. The van der Waals surface area contributed by atoms with Gasteiger partial charge in [-0.05, 0) is 43.6 Å². The molecule has 1 saturated heterocycles. The molecule has 1 fully saturated rings. The van der Waals surface area contributed by atoms with Gasteiger partial charge < -0.3 is 5.73 Å². The Labute approximate surface area is 165 Å². The maximum Gasteiger partial charge on any atom is 0.391 e. The van der Waals surface area contributed by atoms with Crippen LogP contribution in [0.2, 0.25) is 0 Å². The van der Waals surface area contributed by atoms with E-state index in [9.17, 15) is 18.0 Å². The molecule has 4 rings (SSSR count). The third-order valence-corrected chi connectivity index (χ3v) is 5.40. The number of aromatic nitrogens is 3. The summed E-state index contributed by atoms with van der Waals surface area (Å²) in [6, 6.07) is 11.2. The molecule has 152 valence electrons. The standard InChI is InChI=1S/C20H20F3N5O/c21-20(22,23)15-7-9-27(10-8-15)11-13-1-3-14(4-2-13)17-6-5-16(18(24)29)19-25-12-26-28(17)19/h1-6,12,15H,7-11H2,(H2,24,29). The number of benzene rings is 1. The number of fused-ring (bicyclic) bond motifs is 1. The summed E-state index contributed by atoms with van der Waals surface area (Å²) in [6.45, 7) is 1.50. The zero-order valence-electron chi connectivity index (χ0n) is 15.6. The lowest BCUT2D eigenvalue weighted by Gasteiger charge is -2.32. The maximum absolute atomic E-state index is 12.8. The van der Waals surface area contributed by atoms with E-state index in [2.05, 4.69) is 15.0 Å². The number of nitrogens with two attached hydrogens (primary N) is 1. The molecule has 1 aliphatic rings. The number of primary amides is 1. The number of alkyl halides is 3. The lowest BCUT2D eigenvalue weighted by molar-refractivity contribution is -0.185. The van der Waals surface area contributed by atoms with Crippen LogP contribution in [-0.4, -0.2) is 44.7 Å². The van der Waals surface area contributed by atoms with Crippen molar-refractivity contribution in [3.05, 3.63) is 53.9 Å². The molecule has 6 nitrogen and oxygen atoms in total. The molecule has 29 heavy (non-hydrogen) atoms. The molecule has 2 N–H and O–H groups in total. The Morgan fingerprint density at radius 2 is 1.79 bits per heavy atom. The largest absolute Gasteiger partial charge is 0.391 e. The van der Waals surface area contributed by atoms with E-state index in [0.29, 0.717) is 30.8 Å². The van der Waals surface area contributed by atoms with E-state index < -0.39 is 18.0 Å². The van der Waals surface area contributed by atoms with Crippen molar-refractivity contribution in [2.75, 3.05) is 13.1 Å². The Morgan fingerprint density at radius 3 is 2.41 bits per heavy atom. The topological polar surface area (TPSA) is 76.5 Å². The summed E-state index contributed by atoms with van der Waals surface area (Å²) in [7, 11) is 0. The first-order valence-corrected chi connectivity index (χ1v) is 9.34. The first-order chi connectivity index (χ1) is 13.8. The molecule has 0 spiro atoms. The van der Waals surface area contributed by atoms with Crippen LogP contribution in [-0.2, 0) is 6.54 Å². The van der Waals surface area contributed by atoms with Gasteiger partial charge in [0.1, 0.15) is 6.33 Å². The van der Waals surface area contributed by atoms with Gasteiger partial charge in [-0.25, -0.2) is 9.50 Å².